The number of aromatic nitrogens is 2. The number of nitrogens with zero attached hydrogens (tertiary/aromatic N) is 8. The maximum absolute atomic E-state index is 15.5. The average molecular weight is 929 g/mol. The lowest BCUT2D eigenvalue weighted by Crippen LogP contribution is -2.54. The van der Waals surface area contributed by atoms with Crippen LogP contribution in [-0.4, -0.2) is 127 Å². The molecule has 5 amide bonds. The van der Waals surface area contributed by atoms with Crippen LogP contribution in [-0.2, 0) is 27.3 Å². The lowest BCUT2D eigenvalue weighted by atomic mass is 9.95. The monoisotopic (exact) mass is 928 g/mol. The van der Waals surface area contributed by atoms with Crippen LogP contribution in [0.1, 0.15) is 83.9 Å². The summed E-state index contributed by atoms with van der Waals surface area (Å²) < 4.78 is 27.1. The number of ether oxygens (including phenoxy) is 2. The van der Waals surface area contributed by atoms with Gasteiger partial charge in [-0.2, -0.15) is 0 Å². The zero-order chi connectivity index (χ0) is 47.4. The van der Waals surface area contributed by atoms with E-state index >= 15 is 4.39 Å². The van der Waals surface area contributed by atoms with Gasteiger partial charge in [0.15, 0.2) is 0 Å². The molecule has 1 unspecified atom stereocenters. The summed E-state index contributed by atoms with van der Waals surface area (Å²) in [6.45, 7) is 15.3. The van der Waals surface area contributed by atoms with E-state index in [4.69, 9.17) is 14.5 Å². The normalized spacial score (nSPS) is 20.2. The number of rotatable bonds is 8. The number of anilines is 6. The molecule has 0 bridgehead atoms. The van der Waals surface area contributed by atoms with Gasteiger partial charge in [-0.3, -0.25) is 39.2 Å². The molecule has 6 aliphatic rings. The fraction of sp³-hybridized carbons (Fsp3) is 0.460. The van der Waals surface area contributed by atoms with Crippen molar-refractivity contribution in [2.24, 2.45) is 5.92 Å². The molecule has 0 radical (unpaired) electrons. The Morgan fingerprint density at radius 1 is 0.824 bits per heavy atom. The minimum Gasteiger partial charge on any atom is -0.474 e. The van der Waals surface area contributed by atoms with Crippen molar-refractivity contribution in [3.05, 3.63) is 88.5 Å². The number of fused-ring (bicyclic) bond motifs is 3. The molecular formula is C50H57FN10O7. The molecule has 2 N–H and O–H groups in total. The molecule has 18 heteroatoms. The molecule has 356 valence electrons. The van der Waals surface area contributed by atoms with Gasteiger partial charge in [-0.1, -0.05) is 0 Å². The maximum atomic E-state index is 15.5. The zero-order valence-corrected chi connectivity index (χ0v) is 39.0. The van der Waals surface area contributed by atoms with Crippen molar-refractivity contribution in [3.8, 4) is 5.88 Å². The van der Waals surface area contributed by atoms with Crippen molar-refractivity contribution in [1.82, 2.24) is 25.1 Å². The van der Waals surface area contributed by atoms with Gasteiger partial charge in [0.1, 0.15) is 35.6 Å². The molecule has 17 nitrogen and oxygen atoms in total. The molecule has 8 heterocycles. The summed E-state index contributed by atoms with van der Waals surface area (Å²) >= 11 is 0. The van der Waals surface area contributed by atoms with Crippen LogP contribution >= 0.6 is 0 Å². The van der Waals surface area contributed by atoms with E-state index in [0.29, 0.717) is 50.3 Å². The van der Waals surface area contributed by atoms with Crippen LogP contribution in [0.4, 0.5) is 43.4 Å². The van der Waals surface area contributed by atoms with Gasteiger partial charge < -0.3 is 29.5 Å². The van der Waals surface area contributed by atoms with Crippen LogP contribution in [0.15, 0.2) is 54.9 Å². The van der Waals surface area contributed by atoms with Crippen LogP contribution in [0.3, 0.4) is 0 Å². The molecular weight excluding hydrogens is 872 g/mol. The Hall–Kier alpha value is -6.82. The number of amides is 5. The SMILES string of the molecule is Cc1c(N2CCc3cnc(Nc4ccc(N5CCC(CN6CCN(c7cc8c(cc7F)C(=O)N(C7CCC(=O)NC7=O)C8=O)CC6)CC5)cc4)cc3C2)cnc2c1N(C(=O)OC(C)(C)C)CCO2. The van der Waals surface area contributed by atoms with Crippen molar-refractivity contribution < 1.29 is 37.8 Å². The van der Waals surface area contributed by atoms with Gasteiger partial charge in [-0.25, -0.2) is 19.2 Å². The molecule has 2 aromatic heterocycles. The minimum atomic E-state index is -1.10. The van der Waals surface area contributed by atoms with Crippen LogP contribution < -0.4 is 35.0 Å². The summed E-state index contributed by atoms with van der Waals surface area (Å²) in [7, 11) is 0. The number of carbonyl (C=O) groups excluding carboxylic acids is 5. The fourth-order valence-corrected chi connectivity index (χ4v) is 10.4. The Labute approximate surface area is 394 Å². The van der Waals surface area contributed by atoms with E-state index in [1.807, 2.05) is 45.0 Å². The summed E-state index contributed by atoms with van der Waals surface area (Å²) in [6.07, 6.45) is 6.42. The topological polar surface area (TPSA) is 173 Å². The van der Waals surface area contributed by atoms with Crippen LogP contribution in [0.5, 0.6) is 5.88 Å². The first kappa shape index (κ1) is 45.0. The van der Waals surface area contributed by atoms with Gasteiger partial charge in [-0.15, -0.1) is 0 Å². The third-order valence-electron chi connectivity index (χ3n) is 14.0. The summed E-state index contributed by atoms with van der Waals surface area (Å²) in [5.74, 6) is -1.32. The third kappa shape index (κ3) is 8.88. The Morgan fingerprint density at radius 3 is 2.28 bits per heavy atom. The van der Waals surface area contributed by atoms with E-state index < -0.39 is 47.2 Å². The maximum Gasteiger partial charge on any atom is 0.415 e. The van der Waals surface area contributed by atoms with Gasteiger partial charge in [-0.05, 0) is 113 Å². The van der Waals surface area contributed by atoms with Gasteiger partial charge in [0.25, 0.3) is 11.8 Å². The lowest BCUT2D eigenvalue weighted by Gasteiger charge is -2.40. The van der Waals surface area contributed by atoms with Crippen molar-refractivity contribution in [2.45, 2.75) is 78.0 Å². The second kappa shape index (κ2) is 18.0. The van der Waals surface area contributed by atoms with E-state index in [2.05, 4.69) is 60.6 Å². The second-order valence-electron chi connectivity index (χ2n) is 19.6. The van der Waals surface area contributed by atoms with E-state index in [0.717, 1.165) is 92.3 Å². The van der Waals surface area contributed by atoms with E-state index in [1.165, 1.54) is 22.9 Å². The van der Waals surface area contributed by atoms with Gasteiger partial charge in [0, 0.05) is 88.5 Å². The Kier molecular flexibility index (Phi) is 11.9. The molecule has 6 aliphatic heterocycles. The summed E-state index contributed by atoms with van der Waals surface area (Å²) in [5.41, 5.74) is 6.73. The Morgan fingerprint density at radius 2 is 1.56 bits per heavy atom. The highest BCUT2D eigenvalue weighted by Crippen LogP contribution is 2.40. The molecule has 10 rings (SSSR count). The average Bonchev–Trinajstić information content (AvgIpc) is 3.55. The molecule has 0 saturated carbocycles. The van der Waals surface area contributed by atoms with Gasteiger partial charge in [0.2, 0.25) is 17.7 Å². The molecule has 0 aliphatic carbocycles. The number of carbonyl (C=O) groups is 5. The van der Waals surface area contributed by atoms with Crippen molar-refractivity contribution in [1.29, 1.82) is 0 Å². The number of nitrogens with one attached hydrogen (secondary N) is 2. The predicted molar refractivity (Wildman–Crippen MR) is 253 cm³/mol. The summed E-state index contributed by atoms with van der Waals surface area (Å²) in [5, 5.41) is 5.70. The first-order valence-electron chi connectivity index (χ1n) is 23.7. The fourth-order valence-electron chi connectivity index (χ4n) is 10.4. The Balaban J connectivity index is 0.703. The minimum absolute atomic E-state index is 0.0203. The highest BCUT2D eigenvalue weighted by molar-refractivity contribution is 6.23. The highest BCUT2D eigenvalue weighted by Gasteiger charge is 2.45. The number of piperazine rings is 1. The number of halogens is 1. The quantitative estimate of drug-likeness (QED) is 0.203. The summed E-state index contributed by atoms with van der Waals surface area (Å²) in [4.78, 5) is 84.9. The third-order valence-corrected chi connectivity index (χ3v) is 14.0. The number of hydrogen-bond acceptors (Lipinski definition) is 14. The van der Waals surface area contributed by atoms with Crippen LogP contribution in [0.2, 0.25) is 0 Å². The smallest absolute Gasteiger partial charge is 0.415 e. The van der Waals surface area contributed by atoms with Gasteiger partial charge >= 0.3 is 6.09 Å². The molecule has 68 heavy (non-hydrogen) atoms. The number of hydrogen-bond donors (Lipinski definition) is 2. The number of pyridine rings is 2. The number of benzene rings is 2. The van der Waals surface area contributed by atoms with Crippen LogP contribution in [0.25, 0.3) is 0 Å². The molecule has 1 atom stereocenters. The van der Waals surface area contributed by atoms with E-state index in [1.54, 1.807) is 4.90 Å². The van der Waals surface area contributed by atoms with Gasteiger partial charge in [0.05, 0.1) is 35.2 Å². The predicted octanol–water partition coefficient (Wildman–Crippen LogP) is 5.80. The Bertz CT molecular complexity index is 2680. The molecule has 0 spiro atoms. The zero-order valence-electron chi connectivity index (χ0n) is 39.0. The first-order chi connectivity index (χ1) is 32.7. The number of imide groups is 2. The molecule has 2 aromatic carbocycles. The second-order valence-corrected chi connectivity index (χ2v) is 19.6. The molecule has 3 fully saturated rings. The van der Waals surface area contributed by atoms with Crippen molar-refractivity contribution >= 4 is 64.0 Å². The summed E-state index contributed by atoms with van der Waals surface area (Å²) in [6, 6.07) is 12.1. The van der Waals surface area contributed by atoms with Crippen molar-refractivity contribution in [2.75, 3.05) is 90.4 Å². The standard InChI is InChI=1S/C50H57FN10O7/c1-30-41(27-53-46-44(30)60(21-22-67-46)49(66)68-50(2,3)4)59-16-13-32-26-52-42(23-33(32)29-59)54-34-5-7-35(8-6-34)57-14-11-31(12-15-57)28-56-17-19-58(20-18-56)40-25-37-36(24-38(40)51)47(64)61(48(37)65)39-9-10-43(62)55-45(39)63/h5-8,23-27,31,39H,9-22,28-29H2,1-4H3,(H,52,54)(H,55,62,63). The largest absolute Gasteiger partial charge is 0.474 e. The molecule has 3 saturated heterocycles. The first-order valence-corrected chi connectivity index (χ1v) is 23.7. The molecule has 4 aromatic rings. The van der Waals surface area contributed by atoms with Crippen LogP contribution in [0, 0.1) is 18.7 Å². The number of piperidine rings is 2. The highest BCUT2D eigenvalue weighted by atomic mass is 19.1. The van der Waals surface area contributed by atoms with Crippen molar-refractivity contribution in [3.63, 3.8) is 0 Å². The lowest BCUT2D eigenvalue weighted by molar-refractivity contribution is -0.136. The van der Waals surface area contributed by atoms with E-state index in [-0.39, 0.29) is 29.7 Å². The van der Waals surface area contributed by atoms with E-state index in [9.17, 15) is 24.0 Å².